The molecule has 1 heterocycles. The number of rotatable bonds is 8. The highest BCUT2D eigenvalue weighted by molar-refractivity contribution is 6.51. The van der Waals surface area contributed by atoms with Crippen LogP contribution in [0.4, 0.5) is 17.1 Å². The van der Waals surface area contributed by atoms with Gasteiger partial charge in [0, 0.05) is 49.8 Å². The minimum atomic E-state index is -0.784. The van der Waals surface area contributed by atoms with E-state index in [1.54, 1.807) is 25.3 Å². The van der Waals surface area contributed by atoms with Crippen LogP contribution in [-0.4, -0.2) is 51.1 Å². The summed E-state index contributed by atoms with van der Waals surface area (Å²) in [5.41, 5.74) is 4.67. The average molecular weight is 514 g/mol. The number of aliphatic hydroxyl groups is 1. The summed E-state index contributed by atoms with van der Waals surface area (Å²) >= 11 is 0. The lowest BCUT2D eigenvalue weighted by Gasteiger charge is -2.27. The minimum absolute atomic E-state index is 0.0602. The van der Waals surface area contributed by atoms with Crippen molar-refractivity contribution in [2.75, 3.05) is 49.0 Å². The molecule has 198 valence electrons. The highest BCUT2D eigenvalue weighted by Crippen LogP contribution is 2.43. The molecule has 1 aliphatic heterocycles. The third kappa shape index (κ3) is 4.84. The Balaban J connectivity index is 1.88. The Labute approximate surface area is 224 Å². The van der Waals surface area contributed by atoms with Gasteiger partial charge in [-0.1, -0.05) is 12.1 Å². The van der Waals surface area contributed by atoms with E-state index in [0.717, 1.165) is 35.6 Å². The smallest absolute Gasteiger partial charge is 0.300 e. The Hall–Kier alpha value is -4.26. The number of carbonyl (C=O) groups excluding carboxylic acids is 2. The molecule has 1 unspecified atom stereocenters. The van der Waals surface area contributed by atoms with Gasteiger partial charge in [0.1, 0.15) is 11.5 Å². The third-order valence-corrected chi connectivity index (χ3v) is 7.09. The average Bonchev–Trinajstić information content (AvgIpc) is 3.19. The molecule has 1 fully saturated rings. The van der Waals surface area contributed by atoms with Crippen LogP contribution in [0.1, 0.15) is 36.6 Å². The first-order valence-electron chi connectivity index (χ1n) is 12.8. The van der Waals surface area contributed by atoms with Crippen LogP contribution in [0.25, 0.3) is 5.76 Å². The lowest BCUT2D eigenvalue weighted by molar-refractivity contribution is -0.132. The predicted molar refractivity (Wildman–Crippen MR) is 153 cm³/mol. The fourth-order valence-corrected chi connectivity index (χ4v) is 4.96. The zero-order valence-corrected chi connectivity index (χ0v) is 22.9. The molecule has 7 heteroatoms. The lowest BCUT2D eigenvalue weighted by Crippen LogP contribution is -2.29. The van der Waals surface area contributed by atoms with Crippen molar-refractivity contribution >= 4 is 34.5 Å². The fraction of sp³-hybridized carbons (Fsp3) is 0.290. The molecule has 3 aromatic rings. The monoisotopic (exact) mass is 513 g/mol. The first kappa shape index (κ1) is 26.8. The van der Waals surface area contributed by atoms with Gasteiger partial charge in [-0.15, -0.1) is 0 Å². The van der Waals surface area contributed by atoms with Gasteiger partial charge in [-0.2, -0.15) is 0 Å². The second kappa shape index (κ2) is 11.0. The summed E-state index contributed by atoms with van der Waals surface area (Å²) in [4.78, 5) is 32.7. The van der Waals surface area contributed by atoms with Gasteiger partial charge in [-0.3, -0.25) is 14.5 Å². The van der Waals surface area contributed by atoms with Crippen molar-refractivity contribution in [1.82, 2.24) is 0 Å². The number of aryl methyl sites for hydroxylation is 1. The number of ether oxygens (including phenoxy) is 1. The van der Waals surface area contributed by atoms with Crippen molar-refractivity contribution in [3.8, 4) is 5.75 Å². The van der Waals surface area contributed by atoms with Crippen molar-refractivity contribution in [2.45, 2.75) is 26.8 Å². The Morgan fingerprint density at radius 1 is 0.921 bits per heavy atom. The van der Waals surface area contributed by atoms with E-state index in [0.29, 0.717) is 17.0 Å². The molecule has 1 atom stereocenters. The van der Waals surface area contributed by atoms with Crippen molar-refractivity contribution in [2.24, 2.45) is 0 Å². The quantitative estimate of drug-likeness (QED) is 0.242. The van der Waals surface area contributed by atoms with Crippen LogP contribution in [0.2, 0.25) is 0 Å². The Morgan fingerprint density at radius 3 is 2.05 bits per heavy atom. The molecular formula is C31H35N3O4. The molecule has 1 saturated heterocycles. The van der Waals surface area contributed by atoms with Gasteiger partial charge in [0.05, 0.1) is 18.7 Å². The predicted octanol–water partition coefficient (Wildman–Crippen LogP) is 5.54. The number of hydrogen-bond acceptors (Lipinski definition) is 6. The number of aliphatic hydroxyl groups excluding tert-OH is 1. The van der Waals surface area contributed by atoms with Gasteiger partial charge in [-0.05, 0) is 86.5 Å². The standard InChI is InChI=1S/C31H35N3O4/c1-7-33(8-2)24-14-16-25(17-15-24)34-28(21-9-12-23(13-10-21)32(4)5)27(30(36)31(34)37)29(35)22-11-18-26(38-6)20(3)19-22/h9-19,28,35H,7-8H2,1-6H3/b29-27-. The van der Waals surface area contributed by atoms with Crippen molar-refractivity contribution in [3.63, 3.8) is 0 Å². The highest BCUT2D eigenvalue weighted by Gasteiger charge is 2.47. The van der Waals surface area contributed by atoms with Crippen LogP contribution in [0.3, 0.4) is 0 Å². The van der Waals surface area contributed by atoms with Crippen LogP contribution in [0.5, 0.6) is 5.75 Å². The summed E-state index contributed by atoms with van der Waals surface area (Å²) in [6.07, 6.45) is 0. The number of hydrogen-bond donors (Lipinski definition) is 1. The zero-order chi connectivity index (χ0) is 27.6. The van der Waals surface area contributed by atoms with E-state index in [2.05, 4.69) is 18.7 Å². The Kier molecular flexibility index (Phi) is 7.76. The van der Waals surface area contributed by atoms with E-state index in [4.69, 9.17) is 4.74 Å². The maximum absolute atomic E-state index is 13.5. The molecule has 0 aliphatic carbocycles. The number of amides is 1. The maximum atomic E-state index is 13.5. The van der Waals surface area contributed by atoms with Crippen molar-refractivity contribution in [1.29, 1.82) is 0 Å². The van der Waals surface area contributed by atoms with E-state index in [9.17, 15) is 14.7 Å². The number of anilines is 3. The van der Waals surface area contributed by atoms with Gasteiger partial charge in [0.25, 0.3) is 11.7 Å². The number of carbonyl (C=O) groups is 2. The van der Waals surface area contributed by atoms with Gasteiger partial charge in [0.15, 0.2) is 0 Å². The Morgan fingerprint density at radius 2 is 1.53 bits per heavy atom. The molecule has 0 saturated carbocycles. The number of Topliss-reactive ketones (excluding diaryl/α,β-unsaturated/α-hetero) is 1. The topological polar surface area (TPSA) is 73.3 Å². The highest BCUT2D eigenvalue weighted by atomic mass is 16.5. The normalized spacial score (nSPS) is 16.6. The number of nitrogens with zero attached hydrogens (tertiary/aromatic N) is 3. The first-order valence-corrected chi connectivity index (χ1v) is 12.8. The van der Waals surface area contributed by atoms with Crippen LogP contribution in [-0.2, 0) is 9.59 Å². The lowest BCUT2D eigenvalue weighted by atomic mass is 9.94. The van der Waals surface area contributed by atoms with Gasteiger partial charge >= 0.3 is 0 Å². The molecule has 7 nitrogen and oxygen atoms in total. The van der Waals surface area contributed by atoms with E-state index in [1.165, 1.54) is 4.90 Å². The molecule has 38 heavy (non-hydrogen) atoms. The molecule has 1 aliphatic rings. The number of methoxy groups -OCH3 is 1. The minimum Gasteiger partial charge on any atom is -0.507 e. The SMILES string of the molecule is CCN(CC)c1ccc(N2C(=O)C(=O)/C(=C(\O)c3ccc(OC)c(C)c3)C2c2ccc(N(C)C)cc2)cc1. The van der Waals surface area contributed by atoms with Crippen LogP contribution >= 0.6 is 0 Å². The molecule has 0 aromatic heterocycles. The Bertz CT molecular complexity index is 1360. The summed E-state index contributed by atoms with van der Waals surface area (Å²) in [6, 6.07) is 19.7. The van der Waals surface area contributed by atoms with E-state index in [-0.39, 0.29) is 11.3 Å². The third-order valence-electron chi connectivity index (χ3n) is 7.09. The molecule has 0 spiro atoms. The van der Waals surface area contributed by atoms with Gasteiger partial charge in [0.2, 0.25) is 0 Å². The number of benzene rings is 3. The molecule has 1 amide bonds. The second-order valence-corrected chi connectivity index (χ2v) is 9.53. The van der Waals surface area contributed by atoms with Crippen LogP contribution < -0.4 is 19.4 Å². The molecule has 0 bridgehead atoms. The summed E-state index contributed by atoms with van der Waals surface area (Å²) in [6.45, 7) is 7.77. The molecule has 1 N–H and O–H groups in total. The summed E-state index contributed by atoms with van der Waals surface area (Å²) < 4.78 is 5.35. The second-order valence-electron chi connectivity index (χ2n) is 9.53. The summed E-state index contributed by atoms with van der Waals surface area (Å²) in [5.74, 6) is -0.927. The van der Waals surface area contributed by atoms with Crippen LogP contribution in [0.15, 0.2) is 72.3 Å². The fourth-order valence-electron chi connectivity index (χ4n) is 4.96. The number of ketones is 1. The van der Waals surface area contributed by atoms with Gasteiger partial charge < -0.3 is 19.6 Å². The zero-order valence-electron chi connectivity index (χ0n) is 22.9. The van der Waals surface area contributed by atoms with Gasteiger partial charge in [-0.25, -0.2) is 0 Å². The molecule has 0 radical (unpaired) electrons. The first-order chi connectivity index (χ1) is 18.2. The van der Waals surface area contributed by atoms with Crippen molar-refractivity contribution in [3.05, 3.63) is 89.0 Å². The molecule has 3 aromatic carbocycles. The van der Waals surface area contributed by atoms with E-state index < -0.39 is 17.7 Å². The van der Waals surface area contributed by atoms with Crippen molar-refractivity contribution < 1.29 is 19.4 Å². The summed E-state index contributed by atoms with van der Waals surface area (Å²) in [5, 5.41) is 11.4. The summed E-state index contributed by atoms with van der Waals surface area (Å²) in [7, 11) is 5.48. The van der Waals surface area contributed by atoms with E-state index >= 15 is 0 Å². The largest absolute Gasteiger partial charge is 0.507 e. The molecule has 4 rings (SSSR count). The maximum Gasteiger partial charge on any atom is 0.300 e. The van der Waals surface area contributed by atoms with Crippen LogP contribution in [0, 0.1) is 6.92 Å². The molecular weight excluding hydrogens is 478 g/mol. The van der Waals surface area contributed by atoms with E-state index in [1.807, 2.05) is 74.4 Å².